The molecule has 1 amide bonds. The van der Waals surface area contributed by atoms with E-state index in [1.165, 1.54) is 0 Å². The third kappa shape index (κ3) is 4.07. The highest BCUT2D eigenvalue weighted by atomic mass is 16.5. The third-order valence-corrected chi connectivity index (χ3v) is 4.05. The largest absolute Gasteiger partial charge is 0.383 e. The standard InChI is InChI=1S/C21H20N2O3/c1-26-14-13-22-20(24)18-11-12-19(23-21(18)25)17-9-7-16(8-10-17)15-5-3-2-4-6-15/h2-12H,13-14H2,1H3,(H,22,24)(H,23,25). The van der Waals surface area contributed by atoms with Gasteiger partial charge >= 0.3 is 0 Å². The summed E-state index contributed by atoms with van der Waals surface area (Å²) in [6.07, 6.45) is 0. The van der Waals surface area contributed by atoms with Crippen LogP contribution in [-0.4, -0.2) is 31.2 Å². The van der Waals surface area contributed by atoms with Gasteiger partial charge in [0.1, 0.15) is 5.56 Å². The lowest BCUT2D eigenvalue weighted by Crippen LogP contribution is -2.31. The number of H-pyrrole nitrogens is 1. The van der Waals surface area contributed by atoms with Crippen LogP contribution < -0.4 is 10.9 Å². The first-order valence-electron chi connectivity index (χ1n) is 8.35. The van der Waals surface area contributed by atoms with E-state index in [4.69, 9.17) is 4.74 Å². The fourth-order valence-corrected chi connectivity index (χ4v) is 2.66. The van der Waals surface area contributed by atoms with Crippen molar-refractivity contribution in [1.82, 2.24) is 10.3 Å². The predicted molar refractivity (Wildman–Crippen MR) is 102 cm³/mol. The average molecular weight is 348 g/mol. The number of rotatable bonds is 6. The maximum Gasteiger partial charge on any atom is 0.261 e. The van der Waals surface area contributed by atoms with E-state index in [0.717, 1.165) is 16.7 Å². The maximum atomic E-state index is 12.2. The van der Waals surface area contributed by atoms with Crippen LogP contribution in [0, 0.1) is 0 Å². The van der Waals surface area contributed by atoms with Crippen molar-refractivity contribution in [3.63, 3.8) is 0 Å². The lowest BCUT2D eigenvalue weighted by Gasteiger charge is -2.07. The van der Waals surface area contributed by atoms with Crippen molar-refractivity contribution in [2.75, 3.05) is 20.3 Å². The number of aromatic amines is 1. The number of carbonyl (C=O) groups excluding carboxylic acids is 1. The molecular formula is C21H20N2O3. The van der Waals surface area contributed by atoms with E-state index in [9.17, 15) is 9.59 Å². The Kier molecular flexibility index (Phi) is 5.61. The molecule has 2 N–H and O–H groups in total. The van der Waals surface area contributed by atoms with Crippen LogP contribution in [0.25, 0.3) is 22.4 Å². The van der Waals surface area contributed by atoms with Gasteiger partial charge in [-0.05, 0) is 28.8 Å². The first-order valence-corrected chi connectivity index (χ1v) is 8.35. The molecule has 1 heterocycles. The number of pyridine rings is 1. The highest BCUT2D eigenvalue weighted by Gasteiger charge is 2.11. The van der Waals surface area contributed by atoms with Gasteiger partial charge < -0.3 is 15.0 Å². The molecule has 0 unspecified atom stereocenters. The second kappa shape index (κ2) is 8.27. The summed E-state index contributed by atoms with van der Waals surface area (Å²) in [7, 11) is 1.55. The molecule has 0 spiro atoms. The third-order valence-electron chi connectivity index (χ3n) is 4.05. The van der Waals surface area contributed by atoms with Gasteiger partial charge in [-0.2, -0.15) is 0 Å². The number of carbonyl (C=O) groups is 1. The molecule has 2 aromatic carbocycles. The van der Waals surface area contributed by atoms with Crippen LogP contribution in [0.1, 0.15) is 10.4 Å². The zero-order valence-corrected chi connectivity index (χ0v) is 14.5. The number of hydrogen-bond donors (Lipinski definition) is 2. The van der Waals surface area contributed by atoms with Gasteiger partial charge in [0.05, 0.1) is 6.61 Å². The minimum absolute atomic E-state index is 0.0887. The maximum absolute atomic E-state index is 12.2. The Morgan fingerprint density at radius 3 is 2.23 bits per heavy atom. The van der Waals surface area contributed by atoms with Crippen molar-refractivity contribution in [1.29, 1.82) is 0 Å². The molecule has 1 aromatic heterocycles. The molecule has 0 fully saturated rings. The van der Waals surface area contributed by atoms with E-state index in [-0.39, 0.29) is 5.56 Å². The van der Waals surface area contributed by atoms with Crippen LogP contribution in [0.5, 0.6) is 0 Å². The normalized spacial score (nSPS) is 10.5. The number of methoxy groups -OCH3 is 1. The molecule has 0 saturated heterocycles. The number of ether oxygens (including phenoxy) is 1. The number of amides is 1. The molecule has 0 atom stereocenters. The van der Waals surface area contributed by atoms with E-state index < -0.39 is 11.5 Å². The minimum atomic E-state index is -0.412. The van der Waals surface area contributed by atoms with Gasteiger partial charge in [-0.1, -0.05) is 54.6 Å². The monoisotopic (exact) mass is 348 g/mol. The van der Waals surface area contributed by atoms with E-state index in [2.05, 4.69) is 10.3 Å². The second-order valence-electron chi connectivity index (χ2n) is 5.81. The van der Waals surface area contributed by atoms with Crippen molar-refractivity contribution in [3.05, 3.63) is 82.6 Å². The summed E-state index contributed by atoms with van der Waals surface area (Å²) in [5, 5.41) is 2.64. The fraction of sp³-hybridized carbons (Fsp3) is 0.143. The summed E-state index contributed by atoms with van der Waals surface area (Å²) < 4.78 is 4.88. The van der Waals surface area contributed by atoms with Crippen molar-refractivity contribution >= 4 is 5.91 Å². The molecular weight excluding hydrogens is 328 g/mol. The van der Waals surface area contributed by atoms with Gasteiger partial charge in [0, 0.05) is 19.3 Å². The number of nitrogens with one attached hydrogen (secondary N) is 2. The van der Waals surface area contributed by atoms with Crippen LogP contribution in [0.3, 0.4) is 0 Å². The summed E-state index contributed by atoms with van der Waals surface area (Å²) in [6, 6.07) is 21.3. The molecule has 0 aliphatic carbocycles. The summed E-state index contributed by atoms with van der Waals surface area (Å²) in [6.45, 7) is 0.757. The van der Waals surface area contributed by atoms with Crippen molar-refractivity contribution in [2.24, 2.45) is 0 Å². The van der Waals surface area contributed by atoms with Crippen molar-refractivity contribution < 1.29 is 9.53 Å². The topological polar surface area (TPSA) is 71.2 Å². The van der Waals surface area contributed by atoms with Crippen LogP contribution in [0.2, 0.25) is 0 Å². The molecule has 0 aliphatic rings. The summed E-state index contributed by atoms with van der Waals surface area (Å²) >= 11 is 0. The van der Waals surface area contributed by atoms with E-state index >= 15 is 0 Å². The van der Waals surface area contributed by atoms with Gasteiger partial charge in [-0.25, -0.2) is 0 Å². The molecule has 5 heteroatoms. The van der Waals surface area contributed by atoms with Gasteiger partial charge in [-0.15, -0.1) is 0 Å². The first kappa shape index (κ1) is 17.6. The average Bonchev–Trinajstić information content (AvgIpc) is 2.69. The quantitative estimate of drug-likeness (QED) is 0.673. The SMILES string of the molecule is COCCNC(=O)c1ccc(-c2ccc(-c3ccccc3)cc2)[nH]c1=O. The Bertz CT molecular complexity index is 931. The van der Waals surface area contributed by atoms with Crippen LogP contribution >= 0.6 is 0 Å². The lowest BCUT2D eigenvalue weighted by molar-refractivity contribution is 0.0935. The summed E-state index contributed by atoms with van der Waals surface area (Å²) in [5.41, 5.74) is 3.47. The number of benzene rings is 2. The van der Waals surface area contributed by atoms with Crippen molar-refractivity contribution in [2.45, 2.75) is 0 Å². The molecule has 5 nitrogen and oxygen atoms in total. The molecule has 3 rings (SSSR count). The van der Waals surface area contributed by atoms with E-state index in [1.807, 2.05) is 54.6 Å². The predicted octanol–water partition coefficient (Wildman–Crippen LogP) is 3.09. The Hall–Kier alpha value is -3.18. The summed E-state index contributed by atoms with van der Waals surface area (Å²) in [4.78, 5) is 27.0. The van der Waals surface area contributed by atoms with E-state index in [1.54, 1.807) is 19.2 Å². The van der Waals surface area contributed by atoms with Crippen molar-refractivity contribution in [3.8, 4) is 22.4 Å². The highest BCUT2D eigenvalue weighted by Crippen LogP contribution is 2.23. The second-order valence-corrected chi connectivity index (χ2v) is 5.81. The van der Waals surface area contributed by atoms with Crippen LogP contribution in [-0.2, 0) is 4.74 Å². The van der Waals surface area contributed by atoms with Gasteiger partial charge in [0.2, 0.25) is 0 Å². The van der Waals surface area contributed by atoms with E-state index in [0.29, 0.717) is 18.8 Å². The molecule has 0 radical (unpaired) electrons. The zero-order valence-electron chi connectivity index (χ0n) is 14.5. The number of hydrogen-bond acceptors (Lipinski definition) is 3. The molecule has 26 heavy (non-hydrogen) atoms. The van der Waals surface area contributed by atoms with Crippen LogP contribution in [0.4, 0.5) is 0 Å². The molecule has 0 bridgehead atoms. The van der Waals surface area contributed by atoms with Gasteiger partial charge in [0.15, 0.2) is 0 Å². The Labute approximate surface area is 151 Å². The van der Waals surface area contributed by atoms with Gasteiger partial charge in [0.25, 0.3) is 11.5 Å². The van der Waals surface area contributed by atoms with Crippen LogP contribution in [0.15, 0.2) is 71.5 Å². The minimum Gasteiger partial charge on any atom is -0.383 e. The zero-order chi connectivity index (χ0) is 18.4. The highest BCUT2D eigenvalue weighted by molar-refractivity contribution is 5.94. The molecule has 0 aliphatic heterocycles. The Morgan fingerprint density at radius 1 is 0.923 bits per heavy atom. The smallest absolute Gasteiger partial charge is 0.261 e. The molecule has 132 valence electrons. The first-order chi connectivity index (χ1) is 12.7. The van der Waals surface area contributed by atoms with Gasteiger partial charge in [-0.3, -0.25) is 9.59 Å². The summed E-state index contributed by atoms with van der Waals surface area (Å²) in [5.74, 6) is -0.408. The fourth-order valence-electron chi connectivity index (χ4n) is 2.66. The molecule has 0 saturated carbocycles. The molecule has 3 aromatic rings. The lowest BCUT2D eigenvalue weighted by atomic mass is 10.0. The Balaban J connectivity index is 1.79. The number of aromatic nitrogens is 1. The Morgan fingerprint density at radius 2 is 1.58 bits per heavy atom.